The number of carboxylic acids is 1. The minimum absolute atomic E-state index is 0.128. The van der Waals surface area contributed by atoms with Crippen molar-refractivity contribution in [3.05, 3.63) is 22.8 Å². The lowest BCUT2D eigenvalue weighted by molar-refractivity contribution is 0.0697. The van der Waals surface area contributed by atoms with E-state index in [4.69, 9.17) is 21.4 Å². The molecule has 0 aliphatic heterocycles. The molecule has 0 unspecified atom stereocenters. The quantitative estimate of drug-likeness (QED) is 0.567. The molecule has 2 rings (SSSR count). The number of carboxylic acid groups (broad SMARTS) is 1. The van der Waals surface area contributed by atoms with Crippen LogP contribution < -0.4 is 5.32 Å². The molecule has 1 fully saturated rings. The van der Waals surface area contributed by atoms with Crippen LogP contribution in [-0.4, -0.2) is 35.8 Å². The van der Waals surface area contributed by atoms with Gasteiger partial charge in [0.1, 0.15) is 16.5 Å². The fourth-order valence-corrected chi connectivity index (χ4v) is 1.81. The van der Waals surface area contributed by atoms with Crippen molar-refractivity contribution in [1.29, 1.82) is 0 Å². The topological polar surface area (TPSA) is 71.5 Å². The minimum atomic E-state index is -1.02. The van der Waals surface area contributed by atoms with Crippen molar-refractivity contribution in [2.45, 2.75) is 19.3 Å². The Morgan fingerprint density at radius 1 is 1.53 bits per heavy atom. The maximum atomic E-state index is 11.0. The van der Waals surface area contributed by atoms with Crippen LogP contribution in [-0.2, 0) is 4.74 Å². The van der Waals surface area contributed by atoms with Gasteiger partial charge in [0.25, 0.3) is 0 Å². The van der Waals surface area contributed by atoms with E-state index in [0.717, 1.165) is 18.9 Å². The number of carbonyl (C=O) groups is 1. The first-order valence-electron chi connectivity index (χ1n) is 6.38. The summed E-state index contributed by atoms with van der Waals surface area (Å²) in [6, 6.07) is 2.92. The summed E-state index contributed by atoms with van der Waals surface area (Å²) in [5.74, 6) is 0.0556. The second kappa shape index (κ2) is 6.73. The number of halogens is 1. The maximum Gasteiger partial charge on any atom is 0.339 e. The number of ether oxygens (including phenoxy) is 1. The van der Waals surface area contributed by atoms with E-state index in [2.05, 4.69) is 10.3 Å². The van der Waals surface area contributed by atoms with Crippen molar-refractivity contribution in [2.24, 2.45) is 5.92 Å². The number of aromatic carboxylic acids is 1. The zero-order valence-corrected chi connectivity index (χ0v) is 11.3. The number of anilines is 1. The third-order valence-corrected chi connectivity index (χ3v) is 3.11. The molecule has 0 saturated heterocycles. The molecule has 0 radical (unpaired) electrons. The van der Waals surface area contributed by atoms with Gasteiger partial charge in [0.05, 0.1) is 0 Å². The van der Waals surface area contributed by atoms with Crippen LogP contribution in [0, 0.1) is 5.92 Å². The van der Waals surface area contributed by atoms with E-state index in [9.17, 15) is 4.79 Å². The Hall–Kier alpha value is -1.33. The molecule has 1 aliphatic carbocycles. The second-order valence-electron chi connectivity index (χ2n) is 4.63. The number of nitrogens with one attached hydrogen (secondary N) is 1. The van der Waals surface area contributed by atoms with Crippen molar-refractivity contribution in [2.75, 3.05) is 25.1 Å². The molecule has 2 N–H and O–H groups in total. The zero-order chi connectivity index (χ0) is 13.7. The van der Waals surface area contributed by atoms with Crippen molar-refractivity contribution in [3.63, 3.8) is 0 Å². The minimum Gasteiger partial charge on any atom is -0.478 e. The highest BCUT2D eigenvalue weighted by Gasteiger charge is 2.20. The summed E-state index contributed by atoms with van der Waals surface area (Å²) in [7, 11) is 0. The first-order chi connectivity index (χ1) is 9.16. The molecule has 0 spiro atoms. The van der Waals surface area contributed by atoms with Gasteiger partial charge in [0.15, 0.2) is 0 Å². The molecule has 19 heavy (non-hydrogen) atoms. The smallest absolute Gasteiger partial charge is 0.339 e. The Bertz CT molecular complexity index is 450. The van der Waals surface area contributed by atoms with Gasteiger partial charge in [-0.05, 0) is 37.3 Å². The molecule has 5 nitrogen and oxygen atoms in total. The summed E-state index contributed by atoms with van der Waals surface area (Å²) in [5.41, 5.74) is 0.128. The number of nitrogens with zero attached hydrogens (tertiary/aromatic N) is 1. The highest BCUT2D eigenvalue weighted by atomic mass is 35.5. The number of rotatable bonds is 8. The lowest BCUT2D eigenvalue weighted by Crippen LogP contribution is -2.11. The van der Waals surface area contributed by atoms with E-state index < -0.39 is 5.97 Å². The Kier molecular flexibility index (Phi) is 4.99. The number of aromatic nitrogens is 1. The summed E-state index contributed by atoms with van der Waals surface area (Å²) in [6.07, 6.45) is 3.37. The molecule has 1 saturated carbocycles. The number of hydrogen-bond donors (Lipinski definition) is 2. The fourth-order valence-electron chi connectivity index (χ4n) is 1.66. The monoisotopic (exact) mass is 284 g/mol. The Labute approximate surface area is 116 Å². The molecule has 6 heteroatoms. The molecule has 0 aromatic carbocycles. The standard InChI is InChI=1S/C13H17ClN2O3/c14-11-5-4-10(13(17)18)12(16-11)15-6-1-7-19-8-9-2-3-9/h4-5,9H,1-3,6-8H2,(H,15,16)(H,17,18). The summed E-state index contributed by atoms with van der Waals surface area (Å²) >= 11 is 5.76. The second-order valence-corrected chi connectivity index (χ2v) is 5.02. The Morgan fingerprint density at radius 2 is 2.32 bits per heavy atom. The molecule has 0 bridgehead atoms. The highest BCUT2D eigenvalue weighted by molar-refractivity contribution is 6.29. The van der Waals surface area contributed by atoms with Gasteiger partial charge in [0, 0.05) is 19.8 Å². The summed E-state index contributed by atoms with van der Waals surface area (Å²) in [6.45, 7) is 2.13. The third kappa shape index (κ3) is 4.69. The Balaban J connectivity index is 1.74. The number of pyridine rings is 1. The van der Waals surface area contributed by atoms with Gasteiger partial charge in [0.2, 0.25) is 0 Å². The summed E-state index contributed by atoms with van der Waals surface area (Å²) in [4.78, 5) is 15.0. The van der Waals surface area contributed by atoms with Gasteiger partial charge in [-0.2, -0.15) is 0 Å². The summed E-state index contributed by atoms with van der Waals surface area (Å²) < 4.78 is 5.49. The van der Waals surface area contributed by atoms with Gasteiger partial charge in [-0.15, -0.1) is 0 Å². The molecule has 0 atom stereocenters. The average Bonchev–Trinajstić information content (AvgIpc) is 3.17. The van der Waals surface area contributed by atoms with Crippen LogP contribution >= 0.6 is 11.6 Å². The molecule has 1 aromatic rings. The maximum absolute atomic E-state index is 11.0. The highest BCUT2D eigenvalue weighted by Crippen LogP contribution is 2.28. The van der Waals surface area contributed by atoms with Crippen LogP contribution in [0.2, 0.25) is 5.15 Å². The molecule has 1 heterocycles. The van der Waals surface area contributed by atoms with Crippen LogP contribution in [0.1, 0.15) is 29.6 Å². The van der Waals surface area contributed by atoms with Crippen LogP contribution in [0.3, 0.4) is 0 Å². The largest absolute Gasteiger partial charge is 0.478 e. The molecule has 1 aliphatic rings. The average molecular weight is 285 g/mol. The van der Waals surface area contributed by atoms with Crippen LogP contribution in [0.5, 0.6) is 0 Å². The van der Waals surface area contributed by atoms with Gasteiger partial charge in [-0.1, -0.05) is 11.6 Å². The molecule has 1 aromatic heterocycles. The third-order valence-electron chi connectivity index (χ3n) is 2.90. The van der Waals surface area contributed by atoms with Gasteiger partial charge >= 0.3 is 5.97 Å². The molecular formula is C13H17ClN2O3. The normalized spacial score (nSPS) is 14.4. The van der Waals surface area contributed by atoms with E-state index in [0.29, 0.717) is 19.0 Å². The molecule has 0 amide bonds. The first kappa shape index (κ1) is 14.1. The lowest BCUT2D eigenvalue weighted by atomic mass is 10.2. The molecule has 104 valence electrons. The van der Waals surface area contributed by atoms with Gasteiger partial charge in [-0.3, -0.25) is 0 Å². The van der Waals surface area contributed by atoms with Crippen molar-refractivity contribution >= 4 is 23.4 Å². The SMILES string of the molecule is O=C(O)c1ccc(Cl)nc1NCCCOCC1CC1. The van der Waals surface area contributed by atoms with Crippen LogP contribution in [0.15, 0.2) is 12.1 Å². The first-order valence-corrected chi connectivity index (χ1v) is 6.76. The van der Waals surface area contributed by atoms with Crippen LogP contribution in [0.4, 0.5) is 5.82 Å². The molecular weight excluding hydrogens is 268 g/mol. The van der Waals surface area contributed by atoms with E-state index >= 15 is 0 Å². The predicted octanol–water partition coefficient (Wildman–Crippen LogP) is 2.66. The van der Waals surface area contributed by atoms with E-state index in [1.165, 1.54) is 25.0 Å². The Morgan fingerprint density at radius 3 is 3.00 bits per heavy atom. The van der Waals surface area contributed by atoms with Crippen molar-refractivity contribution < 1.29 is 14.6 Å². The van der Waals surface area contributed by atoms with Gasteiger partial charge in [-0.25, -0.2) is 9.78 Å². The lowest BCUT2D eigenvalue weighted by Gasteiger charge is -2.09. The van der Waals surface area contributed by atoms with Crippen molar-refractivity contribution in [3.8, 4) is 0 Å². The predicted molar refractivity (Wildman–Crippen MR) is 72.9 cm³/mol. The van der Waals surface area contributed by atoms with Gasteiger partial charge < -0.3 is 15.2 Å². The summed E-state index contributed by atoms with van der Waals surface area (Å²) in [5, 5.41) is 12.3. The van der Waals surface area contributed by atoms with E-state index in [1.54, 1.807) is 0 Å². The van der Waals surface area contributed by atoms with Crippen molar-refractivity contribution in [1.82, 2.24) is 4.98 Å². The number of hydrogen-bond acceptors (Lipinski definition) is 4. The van der Waals surface area contributed by atoms with E-state index in [-0.39, 0.29) is 10.7 Å². The fraction of sp³-hybridized carbons (Fsp3) is 0.538. The van der Waals surface area contributed by atoms with Crippen LogP contribution in [0.25, 0.3) is 0 Å². The zero-order valence-electron chi connectivity index (χ0n) is 10.6. The van der Waals surface area contributed by atoms with E-state index in [1.807, 2.05) is 0 Å².